The van der Waals surface area contributed by atoms with Crippen LogP contribution in [0.3, 0.4) is 0 Å². The van der Waals surface area contributed by atoms with Gasteiger partial charge in [-0.1, -0.05) is 0 Å². The van der Waals surface area contributed by atoms with Crippen LogP contribution in [0, 0.1) is 0 Å². The van der Waals surface area contributed by atoms with E-state index in [0.717, 1.165) is 0 Å². The Morgan fingerprint density at radius 3 is 2.83 bits per heavy atom. The van der Waals surface area contributed by atoms with E-state index in [1.165, 1.54) is 21.7 Å². The van der Waals surface area contributed by atoms with Crippen LogP contribution in [0.5, 0.6) is 0 Å². The summed E-state index contributed by atoms with van der Waals surface area (Å²) in [6, 6.07) is 1.53. The zero-order valence-electron chi connectivity index (χ0n) is 10.4. The quantitative estimate of drug-likeness (QED) is 0.903. The third-order valence-electron chi connectivity index (χ3n) is 2.94. The molecule has 1 fully saturated rings. The van der Waals surface area contributed by atoms with Gasteiger partial charge in [-0.3, -0.25) is 0 Å². The molecular weight excluding hydrogens is 274 g/mol. The fraction of sp³-hybridized carbons (Fsp3) is 0.636. The van der Waals surface area contributed by atoms with Crippen molar-refractivity contribution in [2.75, 3.05) is 19.8 Å². The van der Waals surface area contributed by atoms with E-state index in [0.29, 0.717) is 24.6 Å². The van der Waals surface area contributed by atoms with Crippen molar-refractivity contribution in [3.8, 4) is 0 Å². The number of nitrogens with zero attached hydrogens (tertiary/aromatic N) is 1. The Morgan fingerprint density at radius 1 is 1.56 bits per heavy atom. The SMILES string of the molecule is CC1(C)COCCN1S(=O)(=O)c1csc(CO)c1. The first-order valence-electron chi connectivity index (χ1n) is 5.67. The average Bonchev–Trinajstić information content (AvgIpc) is 2.77. The summed E-state index contributed by atoms with van der Waals surface area (Å²) in [5.74, 6) is 0. The minimum absolute atomic E-state index is 0.132. The third-order valence-corrected chi connectivity index (χ3v) is 6.10. The predicted octanol–water partition coefficient (Wildman–Crippen LogP) is 1.04. The molecule has 1 aliphatic rings. The normalized spacial score (nSPS) is 21.1. The molecule has 0 saturated carbocycles. The van der Waals surface area contributed by atoms with Gasteiger partial charge >= 0.3 is 0 Å². The lowest BCUT2D eigenvalue weighted by atomic mass is 10.1. The highest BCUT2D eigenvalue weighted by atomic mass is 32.2. The second-order valence-corrected chi connectivity index (χ2v) is 7.71. The maximum Gasteiger partial charge on any atom is 0.244 e. The van der Waals surface area contributed by atoms with E-state index < -0.39 is 15.6 Å². The van der Waals surface area contributed by atoms with Crippen LogP contribution in [-0.4, -0.2) is 43.1 Å². The van der Waals surface area contributed by atoms with Gasteiger partial charge in [0.25, 0.3) is 0 Å². The van der Waals surface area contributed by atoms with Crippen molar-refractivity contribution in [1.82, 2.24) is 4.31 Å². The topological polar surface area (TPSA) is 66.8 Å². The monoisotopic (exact) mass is 291 g/mol. The second-order valence-electron chi connectivity index (χ2n) is 4.85. The zero-order valence-corrected chi connectivity index (χ0v) is 12.1. The van der Waals surface area contributed by atoms with E-state index in [1.54, 1.807) is 5.38 Å². The number of hydrogen-bond donors (Lipinski definition) is 1. The molecule has 1 aliphatic heterocycles. The molecule has 0 aromatic carbocycles. The molecule has 0 spiro atoms. The van der Waals surface area contributed by atoms with Crippen LogP contribution in [0.15, 0.2) is 16.3 Å². The molecule has 5 nitrogen and oxygen atoms in total. The van der Waals surface area contributed by atoms with Crippen LogP contribution in [0.1, 0.15) is 18.7 Å². The molecule has 0 atom stereocenters. The maximum atomic E-state index is 12.5. The van der Waals surface area contributed by atoms with E-state index in [2.05, 4.69) is 0 Å². The number of morpholine rings is 1. The number of aliphatic hydroxyl groups excluding tert-OH is 1. The Labute approximate surface area is 111 Å². The van der Waals surface area contributed by atoms with Crippen LogP contribution in [0.25, 0.3) is 0 Å². The summed E-state index contributed by atoms with van der Waals surface area (Å²) in [6.07, 6.45) is 0. The largest absolute Gasteiger partial charge is 0.391 e. The minimum Gasteiger partial charge on any atom is -0.391 e. The van der Waals surface area contributed by atoms with Gasteiger partial charge < -0.3 is 9.84 Å². The highest BCUT2D eigenvalue weighted by molar-refractivity contribution is 7.89. The van der Waals surface area contributed by atoms with Crippen LogP contribution >= 0.6 is 11.3 Å². The van der Waals surface area contributed by atoms with Gasteiger partial charge in [0.2, 0.25) is 10.0 Å². The Kier molecular flexibility index (Phi) is 3.80. The number of hydrogen-bond acceptors (Lipinski definition) is 5. The van der Waals surface area contributed by atoms with Gasteiger partial charge in [-0.25, -0.2) is 8.42 Å². The summed E-state index contributed by atoms with van der Waals surface area (Å²) in [5, 5.41) is 10.6. The molecule has 0 radical (unpaired) electrons. The second kappa shape index (κ2) is 4.90. The lowest BCUT2D eigenvalue weighted by Gasteiger charge is -2.40. The molecule has 7 heteroatoms. The first-order valence-corrected chi connectivity index (χ1v) is 7.99. The smallest absolute Gasteiger partial charge is 0.244 e. The van der Waals surface area contributed by atoms with E-state index in [4.69, 9.17) is 9.84 Å². The zero-order chi connectivity index (χ0) is 13.4. The Hall–Kier alpha value is -0.470. The summed E-state index contributed by atoms with van der Waals surface area (Å²) in [5.41, 5.74) is -0.543. The molecule has 2 heterocycles. The molecule has 0 bridgehead atoms. The standard InChI is InChI=1S/C11H17NO4S2/c1-11(2)8-16-4-3-12(11)18(14,15)10-5-9(6-13)17-7-10/h5,7,13H,3-4,6,8H2,1-2H3. The van der Waals surface area contributed by atoms with Gasteiger partial charge in [0.15, 0.2) is 0 Å². The summed E-state index contributed by atoms with van der Waals surface area (Å²) in [6.45, 7) is 4.74. The summed E-state index contributed by atoms with van der Waals surface area (Å²) in [4.78, 5) is 0.908. The Morgan fingerprint density at radius 2 is 2.28 bits per heavy atom. The summed E-state index contributed by atoms with van der Waals surface area (Å²) < 4.78 is 31.9. The molecule has 1 aromatic rings. The van der Waals surface area contributed by atoms with Crippen molar-refractivity contribution in [3.63, 3.8) is 0 Å². The number of thiophene rings is 1. The summed E-state index contributed by atoms with van der Waals surface area (Å²) in [7, 11) is -3.51. The lowest BCUT2D eigenvalue weighted by Crippen LogP contribution is -2.55. The highest BCUT2D eigenvalue weighted by Gasteiger charge is 2.40. The minimum atomic E-state index is -3.51. The van der Waals surface area contributed by atoms with Gasteiger partial charge in [0.05, 0.1) is 30.3 Å². The third kappa shape index (κ3) is 2.46. The van der Waals surface area contributed by atoms with E-state index in [1.807, 2.05) is 13.8 Å². The molecule has 1 N–H and O–H groups in total. The van der Waals surface area contributed by atoms with Gasteiger partial charge in [-0.2, -0.15) is 4.31 Å². The molecule has 18 heavy (non-hydrogen) atoms. The van der Waals surface area contributed by atoms with Crippen LogP contribution in [0.4, 0.5) is 0 Å². The molecule has 1 saturated heterocycles. The van der Waals surface area contributed by atoms with E-state index in [-0.39, 0.29) is 11.5 Å². The first kappa shape index (κ1) is 14.0. The van der Waals surface area contributed by atoms with Crippen molar-refractivity contribution < 1.29 is 18.3 Å². The predicted molar refractivity (Wildman–Crippen MR) is 69.0 cm³/mol. The first-order chi connectivity index (χ1) is 8.38. The van der Waals surface area contributed by atoms with Gasteiger partial charge in [0, 0.05) is 16.8 Å². The van der Waals surface area contributed by atoms with E-state index >= 15 is 0 Å². The van der Waals surface area contributed by atoms with Crippen LogP contribution in [-0.2, 0) is 21.4 Å². The summed E-state index contributed by atoms with van der Waals surface area (Å²) >= 11 is 1.25. The van der Waals surface area contributed by atoms with Crippen LogP contribution < -0.4 is 0 Å². The molecule has 0 unspecified atom stereocenters. The molecule has 1 aromatic heterocycles. The number of ether oxygens (including phenoxy) is 1. The molecule has 2 rings (SSSR count). The molecular formula is C11H17NO4S2. The average molecular weight is 291 g/mol. The fourth-order valence-electron chi connectivity index (χ4n) is 2.00. The highest BCUT2D eigenvalue weighted by Crippen LogP contribution is 2.29. The maximum absolute atomic E-state index is 12.5. The van der Waals surface area contributed by atoms with Crippen molar-refractivity contribution in [2.45, 2.75) is 30.9 Å². The van der Waals surface area contributed by atoms with Gasteiger partial charge in [-0.15, -0.1) is 11.3 Å². The van der Waals surface area contributed by atoms with Crippen molar-refractivity contribution in [3.05, 3.63) is 16.3 Å². The Bertz CT molecular complexity index is 521. The number of rotatable bonds is 3. The fourth-order valence-corrected chi connectivity index (χ4v) is 4.87. The van der Waals surface area contributed by atoms with Gasteiger partial charge in [-0.05, 0) is 19.9 Å². The van der Waals surface area contributed by atoms with Crippen molar-refractivity contribution >= 4 is 21.4 Å². The van der Waals surface area contributed by atoms with Crippen molar-refractivity contribution in [1.29, 1.82) is 0 Å². The van der Waals surface area contributed by atoms with Crippen LogP contribution in [0.2, 0.25) is 0 Å². The Balaban J connectivity index is 2.35. The number of aliphatic hydroxyl groups is 1. The number of sulfonamides is 1. The van der Waals surface area contributed by atoms with Crippen molar-refractivity contribution in [2.24, 2.45) is 0 Å². The van der Waals surface area contributed by atoms with E-state index in [9.17, 15) is 8.42 Å². The lowest BCUT2D eigenvalue weighted by molar-refractivity contribution is -0.00769. The molecule has 0 aliphatic carbocycles. The molecule has 0 amide bonds. The van der Waals surface area contributed by atoms with Gasteiger partial charge in [0.1, 0.15) is 0 Å². The molecule has 102 valence electrons.